The zero-order valence-corrected chi connectivity index (χ0v) is 17.3. The van der Waals surface area contributed by atoms with E-state index in [-0.39, 0.29) is 30.4 Å². The number of fused-ring (bicyclic) bond motifs is 1. The third-order valence-electron chi connectivity index (χ3n) is 6.28. The Kier molecular flexibility index (Phi) is 5.77. The van der Waals surface area contributed by atoms with E-state index in [2.05, 4.69) is 5.10 Å². The minimum absolute atomic E-state index is 0.0676. The highest BCUT2D eigenvalue weighted by Crippen LogP contribution is 2.33. The van der Waals surface area contributed by atoms with Crippen LogP contribution < -0.4 is 0 Å². The highest BCUT2D eigenvalue weighted by atomic mass is 19.4. The summed E-state index contributed by atoms with van der Waals surface area (Å²) >= 11 is 0. The molecule has 4 rings (SSSR count). The molecule has 2 aromatic rings. The highest BCUT2D eigenvalue weighted by molar-refractivity contribution is 5.93. The van der Waals surface area contributed by atoms with Crippen LogP contribution in [0.25, 0.3) is 0 Å². The SMILES string of the molecule is Cn1nccc1C(=O)N1CC[C@H]2[C@H]1CCCCC(=O)N2Cc1cccc(C(F)(F)F)c1. The largest absolute Gasteiger partial charge is 0.416 e. The van der Waals surface area contributed by atoms with Crippen molar-refractivity contribution in [3.63, 3.8) is 0 Å². The van der Waals surface area contributed by atoms with Gasteiger partial charge in [0.05, 0.1) is 17.6 Å². The molecule has 2 atom stereocenters. The molecule has 1 aromatic carbocycles. The van der Waals surface area contributed by atoms with Gasteiger partial charge in [-0.1, -0.05) is 18.6 Å². The number of halogens is 3. The molecule has 0 saturated carbocycles. The van der Waals surface area contributed by atoms with Gasteiger partial charge in [-0.3, -0.25) is 14.3 Å². The summed E-state index contributed by atoms with van der Waals surface area (Å²) in [5.74, 6) is -0.193. The number of hydrogen-bond donors (Lipinski definition) is 0. The highest BCUT2D eigenvalue weighted by Gasteiger charge is 2.43. The van der Waals surface area contributed by atoms with Crippen LogP contribution in [-0.2, 0) is 24.6 Å². The number of nitrogens with zero attached hydrogens (tertiary/aromatic N) is 4. The second-order valence-corrected chi connectivity index (χ2v) is 8.23. The van der Waals surface area contributed by atoms with Crippen LogP contribution in [0.15, 0.2) is 36.5 Å². The average molecular weight is 434 g/mol. The number of carbonyl (C=O) groups excluding carboxylic acids is 2. The fourth-order valence-corrected chi connectivity index (χ4v) is 4.74. The predicted molar refractivity (Wildman–Crippen MR) is 107 cm³/mol. The molecule has 2 saturated heterocycles. The molecule has 2 aliphatic rings. The average Bonchev–Trinajstić information content (AvgIpc) is 3.33. The van der Waals surface area contributed by atoms with Gasteiger partial charge in [0, 0.05) is 32.8 Å². The normalized spacial score (nSPS) is 22.3. The van der Waals surface area contributed by atoms with Crippen molar-refractivity contribution < 1.29 is 22.8 Å². The first-order valence-electron chi connectivity index (χ1n) is 10.5. The molecule has 3 heterocycles. The Labute approximate surface area is 178 Å². The molecule has 0 radical (unpaired) electrons. The van der Waals surface area contributed by atoms with Gasteiger partial charge in [0.15, 0.2) is 0 Å². The predicted octanol–water partition coefficient (Wildman–Crippen LogP) is 3.62. The molecule has 2 fully saturated rings. The van der Waals surface area contributed by atoms with E-state index < -0.39 is 11.7 Å². The fourth-order valence-electron chi connectivity index (χ4n) is 4.74. The Morgan fingerprint density at radius 1 is 1.16 bits per heavy atom. The summed E-state index contributed by atoms with van der Waals surface area (Å²) < 4.78 is 40.9. The fraction of sp³-hybridized carbons (Fsp3) is 0.500. The van der Waals surface area contributed by atoms with E-state index >= 15 is 0 Å². The Balaban J connectivity index is 1.60. The maximum atomic E-state index is 13.1. The van der Waals surface area contributed by atoms with Gasteiger partial charge in [-0.05, 0) is 43.0 Å². The minimum atomic E-state index is -4.43. The van der Waals surface area contributed by atoms with Crippen LogP contribution in [0, 0.1) is 0 Å². The Morgan fingerprint density at radius 3 is 2.68 bits per heavy atom. The summed E-state index contributed by atoms with van der Waals surface area (Å²) in [5.41, 5.74) is 0.206. The van der Waals surface area contributed by atoms with Crippen molar-refractivity contribution in [2.45, 2.75) is 56.9 Å². The van der Waals surface area contributed by atoms with Crippen molar-refractivity contribution in [3.05, 3.63) is 53.3 Å². The van der Waals surface area contributed by atoms with Gasteiger partial charge in [0.25, 0.3) is 5.91 Å². The molecule has 9 heteroatoms. The van der Waals surface area contributed by atoms with Gasteiger partial charge < -0.3 is 9.80 Å². The number of benzene rings is 1. The molecule has 6 nitrogen and oxygen atoms in total. The van der Waals surface area contributed by atoms with Crippen LogP contribution in [0.5, 0.6) is 0 Å². The lowest BCUT2D eigenvalue weighted by Gasteiger charge is -2.37. The van der Waals surface area contributed by atoms with Crippen LogP contribution in [0.4, 0.5) is 13.2 Å². The first kappa shape index (κ1) is 21.4. The van der Waals surface area contributed by atoms with Crippen molar-refractivity contribution in [1.82, 2.24) is 19.6 Å². The van der Waals surface area contributed by atoms with Gasteiger partial charge in [0.2, 0.25) is 5.91 Å². The lowest BCUT2D eigenvalue weighted by Crippen LogP contribution is -2.50. The summed E-state index contributed by atoms with van der Waals surface area (Å²) in [6, 6.07) is 6.43. The van der Waals surface area contributed by atoms with Crippen molar-refractivity contribution >= 4 is 11.8 Å². The molecule has 31 heavy (non-hydrogen) atoms. The third kappa shape index (κ3) is 4.31. The maximum absolute atomic E-state index is 13.1. The van der Waals surface area contributed by atoms with Gasteiger partial charge in [-0.25, -0.2) is 0 Å². The first-order chi connectivity index (χ1) is 14.8. The number of amides is 2. The summed E-state index contributed by atoms with van der Waals surface area (Å²) in [6.45, 7) is 0.614. The second kappa shape index (κ2) is 8.36. The van der Waals surface area contributed by atoms with E-state index in [1.165, 1.54) is 10.7 Å². The number of hydrogen-bond acceptors (Lipinski definition) is 3. The maximum Gasteiger partial charge on any atom is 0.416 e. The van der Waals surface area contributed by atoms with Crippen LogP contribution in [0.2, 0.25) is 0 Å². The van der Waals surface area contributed by atoms with Crippen LogP contribution in [-0.4, -0.2) is 50.0 Å². The van der Waals surface area contributed by atoms with E-state index in [9.17, 15) is 22.8 Å². The minimum Gasteiger partial charge on any atom is -0.333 e. The van der Waals surface area contributed by atoms with Crippen LogP contribution >= 0.6 is 0 Å². The lowest BCUT2D eigenvalue weighted by molar-refractivity contribution is -0.137. The second-order valence-electron chi connectivity index (χ2n) is 8.23. The third-order valence-corrected chi connectivity index (χ3v) is 6.28. The number of carbonyl (C=O) groups is 2. The molecule has 0 N–H and O–H groups in total. The zero-order chi connectivity index (χ0) is 22.2. The first-order valence-corrected chi connectivity index (χ1v) is 10.5. The molecule has 1 aromatic heterocycles. The summed E-state index contributed by atoms with van der Waals surface area (Å²) in [6.07, 6.45) is 0.423. The summed E-state index contributed by atoms with van der Waals surface area (Å²) in [7, 11) is 1.71. The number of alkyl halides is 3. The standard InChI is InChI=1S/C22H25F3N4O2/c1-27-19(9-11-26-27)21(31)28-12-10-18-17(28)7-2-3-8-20(30)29(18)14-15-5-4-6-16(13-15)22(23,24)25/h4-6,9,11,13,17-18H,2-3,7-8,10,12,14H2,1H3/t17-,18+/m1/s1. The smallest absolute Gasteiger partial charge is 0.333 e. The van der Waals surface area contributed by atoms with E-state index in [1.807, 2.05) is 0 Å². The molecule has 2 amide bonds. The van der Waals surface area contributed by atoms with E-state index in [0.29, 0.717) is 37.1 Å². The Hall–Kier alpha value is -2.84. The molecule has 0 unspecified atom stereocenters. The van der Waals surface area contributed by atoms with E-state index in [1.54, 1.807) is 35.2 Å². The number of aromatic nitrogens is 2. The topological polar surface area (TPSA) is 58.4 Å². The summed E-state index contributed by atoms with van der Waals surface area (Å²) in [4.78, 5) is 29.6. The molecule has 2 aliphatic heterocycles. The quantitative estimate of drug-likeness (QED) is 0.742. The molecule has 166 valence electrons. The lowest BCUT2D eigenvalue weighted by atomic mass is 9.96. The molecule has 0 spiro atoms. The van der Waals surface area contributed by atoms with Crippen LogP contribution in [0.3, 0.4) is 0 Å². The van der Waals surface area contributed by atoms with Crippen molar-refractivity contribution in [2.24, 2.45) is 7.05 Å². The zero-order valence-electron chi connectivity index (χ0n) is 17.3. The number of aryl methyl sites for hydroxylation is 1. The Morgan fingerprint density at radius 2 is 1.97 bits per heavy atom. The number of rotatable bonds is 3. The number of likely N-dealkylation sites (tertiary alicyclic amines) is 2. The van der Waals surface area contributed by atoms with Gasteiger partial charge in [0.1, 0.15) is 5.69 Å². The van der Waals surface area contributed by atoms with Crippen LogP contribution in [0.1, 0.15) is 53.7 Å². The molecule has 0 aliphatic carbocycles. The molecular weight excluding hydrogens is 409 g/mol. The van der Waals surface area contributed by atoms with Crippen molar-refractivity contribution in [1.29, 1.82) is 0 Å². The van der Waals surface area contributed by atoms with Crippen molar-refractivity contribution in [2.75, 3.05) is 6.54 Å². The molecular formula is C22H25F3N4O2. The van der Waals surface area contributed by atoms with E-state index in [4.69, 9.17) is 0 Å². The molecule has 0 bridgehead atoms. The van der Waals surface area contributed by atoms with Crippen molar-refractivity contribution in [3.8, 4) is 0 Å². The Bertz CT molecular complexity index is 972. The van der Waals surface area contributed by atoms with Gasteiger partial charge >= 0.3 is 6.18 Å². The van der Waals surface area contributed by atoms with E-state index in [0.717, 1.165) is 25.0 Å². The van der Waals surface area contributed by atoms with Gasteiger partial charge in [-0.15, -0.1) is 0 Å². The monoisotopic (exact) mass is 434 g/mol. The summed E-state index contributed by atoms with van der Waals surface area (Å²) in [5, 5.41) is 4.07. The van der Waals surface area contributed by atoms with Gasteiger partial charge in [-0.2, -0.15) is 18.3 Å².